The van der Waals surface area contributed by atoms with Gasteiger partial charge in [0.25, 0.3) is 11.7 Å². The van der Waals surface area contributed by atoms with Gasteiger partial charge in [-0.1, -0.05) is 45.9 Å². The van der Waals surface area contributed by atoms with Crippen LogP contribution in [0.15, 0.2) is 42.2 Å². The fourth-order valence-corrected chi connectivity index (χ4v) is 7.00. The number of nitrogens with one attached hydrogen (secondary N) is 1. The van der Waals surface area contributed by atoms with Crippen LogP contribution in [0.2, 0.25) is 0 Å². The molecule has 272 valence electrons. The Balaban J connectivity index is 1.87. The molecule has 0 spiro atoms. The molecule has 5 rings (SSSR count). The van der Waals surface area contributed by atoms with Gasteiger partial charge in [0.1, 0.15) is 23.4 Å². The summed E-state index contributed by atoms with van der Waals surface area (Å²) in [5.41, 5.74) is 0.0823. The van der Waals surface area contributed by atoms with Crippen molar-refractivity contribution in [2.24, 2.45) is 23.7 Å². The second-order valence-electron chi connectivity index (χ2n) is 13.6. The smallest absolute Gasteiger partial charge is 0.312 e. The monoisotopic (exact) mass is 695 g/mol. The lowest BCUT2D eigenvalue weighted by Gasteiger charge is -2.37. The topological polar surface area (TPSA) is 181 Å². The quantitative estimate of drug-likeness (QED) is 0.141. The maximum absolute atomic E-state index is 14.0. The van der Waals surface area contributed by atoms with E-state index in [0.717, 1.165) is 6.07 Å². The number of ketones is 1. The molecule has 0 aromatic heterocycles. The van der Waals surface area contributed by atoms with E-state index in [2.05, 4.69) is 5.32 Å². The molecule has 0 saturated carbocycles. The number of aliphatic hydroxyl groups is 1. The number of ether oxygens (including phenoxy) is 4. The summed E-state index contributed by atoms with van der Waals surface area (Å²) in [5.74, 6) is -6.40. The number of hydrogen-bond acceptors (Lipinski definition) is 11. The van der Waals surface area contributed by atoms with E-state index in [1.165, 1.54) is 34.1 Å². The average molecular weight is 696 g/mol. The Labute approximate surface area is 292 Å². The van der Waals surface area contributed by atoms with Gasteiger partial charge < -0.3 is 44.7 Å². The minimum atomic E-state index is -1.95. The highest BCUT2D eigenvalue weighted by molar-refractivity contribution is 6.21. The van der Waals surface area contributed by atoms with Crippen LogP contribution in [0.4, 0.5) is 5.69 Å². The van der Waals surface area contributed by atoms with Crippen LogP contribution in [0, 0.1) is 30.6 Å². The number of Topliss-reactive ketones (excluding diaryl/α,β-unsaturated/α-hetero) is 1. The van der Waals surface area contributed by atoms with E-state index in [9.17, 15) is 34.8 Å². The number of methoxy groups -OCH3 is 1. The van der Waals surface area contributed by atoms with Crippen LogP contribution < -0.4 is 10.1 Å². The largest absolute Gasteiger partial charge is 0.507 e. The van der Waals surface area contributed by atoms with Crippen LogP contribution in [-0.4, -0.2) is 69.3 Å². The second kappa shape index (κ2) is 15.1. The van der Waals surface area contributed by atoms with E-state index in [1.807, 2.05) is 33.8 Å². The first-order valence-corrected chi connectivity index (χ1v) is 16.8. The normalized spacial score (nSPS) is 31.7. The Morgan fingerprint density at radius 2 is 1.76 bits per heavy atom. The van der Waals surface area contributed by atoms with Crippen molar-refractivity contribution in [3.8, 4) is 23.0 Å². The molecule has 3 heterocycles. The Morgan fingerprint density at radius 3 is 2.38 bits per heavy atom. The van der Waals surface area contributed by atoms with Crippen molar-refractivity contribution in [1.29, 1.82) is 0 Å². The number of esters is 1. The average Bonchev–Trinajstić information content (AvgIpc) is 3.32. The number of aromatic hydroxyl groups is 3. The van der Waals surface area contributed by atoms with E-state index in [0.29, 0.717) is 12.8 Å². The molecule has 50 heavy (non-hydrogen) atoms. The van der Waals surface area contributed by atoms with Crippen LogP contribution in [0.3, 0.4) is 0 Å². The van der Waals surface area contributed by atoms with Crippen molar-refractivity contribution >= 4 is 34.1 Å². The number of aliphatic hydroxyl groups excluding tert-OH is 1. The summed E-state index contributed by atoms with van der Waals surface area (Å²) in [7, 11) is 1.49. The third-order valence-corrected chi connectivity index (χ3v) is 9.85. The van der Waals surface area contributed by atoms with Crippen molar-refractivity contribution < 1.29 is 53.8 Å². The van der Waals surface area contributed by atoms with Crippen molar-refractivity contribution in [1.82, 2.24) is 0 Å². The predicted molar refractivity (Wildman–Crippen MR) is 187 cm³/mol. The van der Waals surface area contributed by atoms with Crippen molar-refractivity contribution in [3.63, 3.8) is 0 Å². The number of rotatable bonds is 3. The molecule has 0 aliphatic carbocycles. The third kappa shape index (κ3) is 7.32. The minimum Gasteiger partial charge on any atom is -0.507 e. The first-order valence-electron chi connectivity index (χ1n) is 16.8. The molecule has 12 nitrogen and oxygen atoms in total. The molecule has 8 atom stereocenters. The molecule has 2 aromatic rings. The molecule has 5 N–H and O–H groups in total. The van der Waals surface area contributed by atoms with Gasteiger partial charge in [-0.3, -0.25) is 14.4 Å². The first-order chi connectivity index (χ1) is 23.5. The maximum Gasteiger partial charge on any atom is 0.312 e. The van der Waals surface area contributed by atoms with E-state index >= 15 is 0 Å². The number of amides is 1. The summed E-state index contributed by atoms with van der Waals surface area (Å²) in [4.78, 5) is 39.4. The number of anilines is 1. The summed E-state index contributed by atoms with van der Waals surface area (Å²) in [5, 5.41) is 47.3. The van der Waals surface area contributed by atoms with Crippen LogP contribution in [0.5, 0.6) is 23.0 Å². The van der Waals surface area contributed by atoms with E-state index in [4.69, 9.17) is 18.9 Å². The Kier molecular flexibility index (Phi) is 11.6. The zero-order chi connectivity index (χ0) is 37.2. The zero-order valence-electron chi connectivity index (χ0n) is 30.1. The molecule has 3 aliphatic heterocycles. The Hall–Kier alpha value is -4.55. The van der Waals surface area contributed by atoms with Gasteiger partial charge in [0, 0.05) is 55.4 Å². The van der Waals surface area contributed by atoms with E-state index < -0.39 is 70.8 Å². The SMILES string of the molecule is CC[C@H]1[C@@H](OC(C)=O)[C@H](C)[C@H](O)[C@H](C)C[C@@H](C)/C=C/C=C(/C)C(=O)Nc2cc(O)c3c4c(c(C)c(O)c3c2O)O[C@](C)(O/C=C/[C@@H]1OC)C4=O. The molecule has 12 heteroatoms. The standard InChI is InChI=1S/C38H49NO11/c1-10-24-27(47-9)14-15-48-38(8)36(45)30-28-26(41)17-25(33(44)29(28)32(43)22(6)35(30)50-38)39-37(46)19(3)13-11-12-18(2)16-20(4)31(42)21(5)34(24)49-23(7)40/h11-15,17-18,20-21,24,27,31,34,41-44H,10,16H2,1-9H3,(H,39,46)/b12-11+,15-14+,19-13-/t18-,20+,21+,24+,27-,31+,34-,38-/m0/s1. The van der Waals surface area contributed by atoms with Gasteiger partial charge in [0.05, 0.1) is 35.1 Å². The van der Waals surface area contributed by atoms with Gasteiger partial charge in [-0.25, -0.2) is 0 Å². The number of hydrogen-bond donors (Lipinski definition) is 5. The molecule has 1 amide bonds. The lowest BCUT2D eigenvalue weighted by atomic mass is 9.78. The van der Waals surface area contributed by atoms with Gasteiger partial charge in [-0.15, -0.1) is 0 Å². The van der Waals surface area contributed by atoms with Crippen molar-refractivity contribution in [3.05, 3.63) is 53.3 Å². The van der Waals surface area contributed by atoms with Crippen LogP contribution in [-0.2, 0) is 23.8 Å². The lowest BCUT2D eigenvalue weighted by molar-refractivity contribution is -0.160. The number of phenolic OH excluding ortho intramolecular Hbond substituents is 3. The summed E-state index contributed by atoms with van der Waals surface area (Å²) >= 11 is 0. The van der Waals surface area contributed by atoms with Crippen molar-refractivity contribution in [2.45, 2.75) is 92.3 Å². The number of fused-ring (bicyclic) bond motifs is 14. The van der Waals surface area contributed by atoms with Crippen LogP contribution in [0.25, 0.3) is 10.8 Å². The third-order valence-electron chi connectivity index (χ3n) is 9.85. The summed E-state index contributed by atoms with van der Waals surface area (Å²) in [6, 6.07) is 1.10. The zero-order valence-corrected chi connectivity index (χ0v) is 30.1. The van der Waals surface area contributed by atoms with Gasteiger partial charge in [0.15, 0.2) is 5.75 Å². The number of carbonyl (C=O) groups is 3. The highest BCUT2D eigenvalue weighted by Gasteiger charge is 2.49. The Morgan fingerprint density at radius 1 is 1.08 bits per heavy atom. The highest BCUT2D eigenvalue weighted by atomic mass is 16.7. The predicted octanol–water partition coefficient (Wildman–Crippen LogP) is 6.17. The minimum absolute atomic E-state index is 0.00552. The van der Waals surface area contributed by atoms with Crippen LogP contribution in [0.1, 0.15) is 77.2 Å². The molecule has 0 unspecified atom stereocenters. The number of phenols is 3. The number of carbonyl (C=O) groups excluding carboxylic acids is 3. The first kappa shape index (κ1) is 38.3. The van der Waals surface area contributed by atoms with Gasteiger partial charge in [-0.2, -0.15) is 0 Å². The Bertz CT molecular complexity index is 1740. The fraction of sp³-hybridized carbons (Fsp3) is 0.500. The maximum atomic E-state index is 14.0. The molecule has 2 aromatic carbocycles. The molecular formula is C38H49NO11. The molecule has 0 fully saturated rings. The van der Waals surface area contributed by atoms with Gasteiger partial charge in [-0.05, 0) is 44.6 Å². The van der Waals surface area contributed by atoms with Crippen LogP contribution >= 0.6 is 0 Å². The fourth-order valence-electron chi connectivity index (χ4n) is 7.00. The molecule has 0 saturated heterocycles. The molecule has 3 aliphatic rings. The lowest BCUT2D eigenvalue weighted by Crippen LogP contribution is -2.45. The highest BCUT2D eigenvalue weighted by Crippen LogP contribution is 2.53. The molecule has 5 bridgehead atoms. The number of benzene rings is 2. The van der Waals surface area contributed by atoms with Gasteiger partial charge in [0.2, 0.25) is 0 Å². The summed E-state index contributed by atoms with van der Waals surface area (Å²) in [6.07, 6.45) is 6.87. The van der Waals surface area contributed by atoms with E-state index in [1.54, 1.807) is 25.2 Å². The summed E-state index contributed by atoms with van der Waals surface area (Å²) < 4.78 is 23.6. The van der Waals surface area contributed by atoms with E-state index in [-0.39, 0.29) is 50.7 Å². The van der Waals surface area contributed by atoms with Crippen molar-refractivity contribution in [2.75, 3.05) is 12.4 Å². The van der Waals surface area contributed by atoms with Gasteiger partial charge >= 0.3 is 11.8 Å². The number of allylic oxidation sites excluding steroid dienone is 3. The molecule has 0 radical (unpaired) electrons. The second-order valence-corrected chi connectivity index (χ2v) is 13.6. The summed E-state index contributed by atoms with van der Waals surface area (Å²) in [6.45, 7) is 13.4. The molecular weight excluding hydrogens is 646 g/mol.